The van der Waals surface area contributed by atoms with Gasteiger partial charge in [0.1, 0.15) is 0 Å². The first-order valence-corrected chi connectivity index (χ1v) is 6.24. The van der Waals surface area contributed by atoms with E-state index in [2.05, 4.69) is 34.6 Å². The second-order valence-corrected chi connectivity index (χ2v) is 5.43. The van der Waals surface area contributed by atoms with Crippen LogP contribution in [0.15, 0.2) is 11.1 Å². The quantitative estimate of drug-likeness (QED) is 0.566. The molecule has 0 saturated carbocycles. The van der Waals surface area contributed by atoms with Gasteiger partial charge < -0.3 is 0 Å². The molecule has 0 spiro atoms. The number of rotatable bonds is 3. The molecule has 14 heavy (non-hydrogen) atoms. The molecule has 0 nitrogen and oxygen atoms in total. The van der Waals surface area contributed by atoms with E-state index in [9.17, 15) is 0 Å². The monoisotopic (exact) mass is 194 g/mol. The first kappa shape index (κ1) is 11.8. The molecule has 1 aliphatic carbocycles. The Balaban J connectivity index is 2.82. The molecule has 0 saturated heterocycles. The van der Waals surface area contributed by atoms with Gasteiger partial charge in [0, 0.05) is 0 Å². The van der Waals surface area contributed by atoms with E-state index in [0.29, 0.717) is 0 Å². The third-order valence-electron chi connectivity index (χ3n) is 3.73. The van der Waals surface area contributed by atoms with Crippen molar-refractivity contribution in [1.29, 1.82) is 0 Å². The maximum atomic E-state index is 2.43. The van der Waals surface area contributed by atoms with Gasteiger partial charge in [-0.25, -0.2) is 0 Å². The molecule has 0 bridgehead atoms. The van der Waals surface area contributed by atoms with E-state index >= 15 is 0 Å². The fraction of sp³-hybridized carbons (Fsp3) is 0.857. The topological polar surface area (TPSA) is 0 Å². The van der Waals surface area contributed by atoms with E-state index in [1.165, 1.54) is 25.7 Å². The van der Waals surface area contributed by atoms with Crippen LogP contribution in [0.1, 0.15) is 60.3 Å². The predicted molar refractivity (Wildman–Crippen MR) is 64.3 cm³/mol. The van der Waals surface area contributed by atoms with Gasteiger partial charge in [-0.1, -0.05) is 38.8 Å². The summed E-state index contributed by atoms with van der Waals surface area (Å²) in [5.74, 6) is 2.61. The lowest BCUT2D eigenvalue weighted by Crippen LogP contribution is -2.20. The third-order valence-corrected chi connectivity index (χ3v) is 3.73. The molecule has 0 fully saturated rings. The minimum Gasteiger partial charge on any atom is -0.0738 e. The van der Waals surface area contributed by atoms with Crippen LogP contribution in [0.4, 0.5) is 0 Å². The molecule has 2 unspecified atom stereocenters. The van der Waals surface area contributed by atoms with Gasteiger partial charge >= 0.3 is 0 Å². The molecule has 0 amide bonds. The van der Waals surface area contributed by atoms with Gasteiger partial charge in [0.25, 0.3) is 0 Å². The number of allylic oxidation sites excluding steroid dienone is 2. The highest BCUT2D eigenvalue weighted by atomic mass is 14.3. The van der Waals surface area contributed by atoms with Crippen molar-refractivity contribution in [3.63, 3.8) is 0 Å². The zero-order chi connectivity index (χ0) is 10.7. The first-order valence-electron chi connectivity index (χ1n) is 6.24. The Morgan fingerprint density at radius 3 is 2.50 bits per heavy atom. The minimum atomic E-state index is 0.819. The van der Waals surface area contributed by atoms with E-state index in [0.717, 1.165) is 17.8 Å². The summed E-state index contributed by atoms with van der Waals surface area (Å²) >= 11 is 0. The van der Waals surface area contributed by atoms with Crippen LogP contribution in [0.3, 0.4) is 0 Å². The maximum absolute atomic E-state index is 2.43. The van der Waals surface area contributed by atoms with Crippen LogP contribution in [-0.2, 0) is 0 Å². The van der Waals surface area contributed by atoms with E-state index < -0.39 is 0 Å². The average molecular weight is 194 g/mol. The van der Waals surface area contributed by atoms with Crippen molar-refractivity contribution >= 4 is 0 Å². The third kappa shape index (κ3) is 2.62. The van der Waals surface area contributed by atoms with E-state index in [1.54, 1.807) is 11.1 Å². The summed E-state index contributed by atoms with van der Waals surface area (Å²) in [5.41, 5.74) is 3.49. The SMILES string of the molecule is CCC1C(CC(C)C)=C(C)CCC1C. The Bertz CT molecular complexity index is 210. The van der Waals surface area contributed by atoms with Gasteiger partial charge in [0.05, 0.1) is 0 Å². The summed E-state index contributed by atoms with van der Waals surface area (Å²) in [6.07, 6.45) is 5.42. The second-order valence-electron chi connectivity index (χ2n) is 5.43. The van der Waals surface area contributed by atoms with Gasteiger partial charge in [0.2, 0.25) is 0 Å². The highest BCUT2D eigenvalue weighted by molar-refractivity contribution is 5.19. The largest absolute Gasteiger partial charge is 0.0738 e. The zero-order valence-electron chi connectivity index (χ0n) is 10.6. The van der Waals surface area contributed by atoms with Gasteiger partial charge in [-0.15, -0.1) is 0 Å². The molecule has 1 rings (SSSR count). The van der Waals surface area contributed by atoms with E-state index in [-0.39, 0.29) is 0 Å². The summed E-state index contributed by atoms with van der Waals surface area (Å²) < 4.78 is 0. The molecule has 82 valence electrons. The maximum Gasteiger partial charge on any atom is -0.0177 e. The van der Waals surface area contributed by atoms with E-state index in [1.807, 2.05) is 0 Å². The normalized spacial score (nSPS) is 28.7. The van der Waals surface area contributed by atoms with Crippen molar-refractivity contribution in [1.82, 2.24) is 0 Å². The summed E-state index contributed by atoms with van der Waals surface area (Å²) in [4.78, 5) is 0. The lowest BCUT2D eigenvalue weighted by atomic mass is 9.72. The average Bonchev–Trinajstić information content (AvgIpc) is 2.11. The molecule has 0 heterocycles. The molecular formula is C14H26. The highest BCUT2D eigenvalue weighted by Gasteiger charge is 2.25. The van der Waals surface area contributed by atoms with Crippen molar-refractivity contribution in [2.45, 2.75) is 60.3 Å². The smallest absolute Gasteiger partial charge is 0.0177 e. The van der Waals surface area contributed by atoms with Crippen molar-refractivity contribution in [3.8, 4) is 0 Å². The minimum absolute atomic E-state index is 0.819. The van der Waals surface area contributed by atoms with Crippen LogP contribution in [0, 0.1) is 17.8 Å². The molecule has 0 aliphatic heterocycles. The fourth-order valence-corrected chi connectivity index (χ4v) is 2.88. The molecule has 2 atom stereocenters. The lowest BCUT2D eigenvalue weighted by Gasteiger charge is -2.33. The van der Waals surface area contributed by atoms with Gasteiger partial charge in [-0.05, 0) is 50.4 Å². The zero-order valence-corrected chi connectivity index (χ0v) is 10.6. The lowest BCUT2D eigenvalue weighted by molar-refractivity contribution is 0.332. The van der Waals surface area contributed by atoms with Gasteiger partial charge in [0.15, 0.2) is 0 Å². The molecule has 0 N–H and O–H groups in total. The Hall–Kier alpha value is -0.260. The molecule has 0 aromatic heterocycles. The van der Waals surface area contributed by atoms with Crippen LogP contribution in [-0.4, -0.2) is 0 Å². The Morgan fingerprint density at radius 1 is 1.36 bits per heavy atom. The van der Waals surface area contributed by atoms with Gasteiger partial charge in [-0.2, -0.15) is 0 Å². The predicted octanol–water partition coefficient (Wildman–Crippen LogP) is 4.81. The molecule has 0 radical (unpaired) electrons. The number of hydrogen-bond acceptors (Lipinski definition) is 0. The molecule has 0 heteroatoms. The van der Waals surface area contributed by atoms with Crippen molar-refractivity contribution in [2.24, 2.45) is 17.8 Å². The van der Waals surface area contributed by atoms with Crippen LogP contribution in [0.25, 0.3) is 0 Å². The van der Waals surface area contributed by atoms with E-state index in [4.69, 9.17) is 0 Å². The van der Waals surface area contributed by atoms with Gasteiger partial charge in [-0.3, -0.25) is 0 Å². The summed E-state index contributed by atoms with van der Waals surface area (Å²) in [5, 5.41) is 0. The summed E-state index contributed by atoms with van der Waals surface area (Å²) in [7, 11) is 0. The first-order chi connectivity index (χ1) is 6.56. The highest BCUT2D eigenvalue weighted by Crippen LogP contribution is 2.39. The van der Waals surface area contributed by atoms with Crippen molar-refractivity contribution in [3.05, 3.63) is 11.1 Å². The molecule has 0 aromatic carbocycles. The van der Waals surface area contributed by atoms with Crippen LogP contribution < -0.4 is 0 Å². The Morgan fingerprint density at radius 2 is 2.00 bits per heavy atom. The Labute approximate surface area is 89.8 Å². The molecular weight excluding hydrogens is 168 g/mol. The van der Waals surface area contributed by atoms with Crippen molar-refractivity contribution in [2.75, 3.05) is 0 Å². The standard InChI is InChI=1S/C14H26/c1-6-13-11(4)7-8-12(5)14(13)9-10(2)3/h10-11,13H,6-9H2,1-5H3. The molecule has 0 aromatic rings. The summed E-state index contributed by atoms with van der Waals surface area (Å²) in [6.45, 7) is 11.8. The Kier molecular flexibility index (Phi) is 4.22. The van der Waals surface area contributed by atoms with Crippen LogP contribution in [0.5, 0.6) is 0 Å². The number of hydrogen-bond donors (Lipinski definition) is 0. The fourth-order valence-electron chi connectivity index (χ4n) is 2.88. The molecule has 1 aliphatic rings. The second kappa shape index (κ2) is 5.00. The summed E-state index contributed by atoms with van der Waals surface area (Å²) in [6, 6.07) is 0. The van der Waals surface area contributed by atoms with Crippen LogP contribution in [0.2, 0.25) is 0 Å². The van der Waals surface area contributed by atoms with Crippen molar-refractivity contribution < 1.29 is 0 Å². The van der Waals surface area contributed by atoms with Crippen LogP contribution >= 0.6 is 0 Å².